The maximum atomic E-state index is 12.3. The summed E-state index contributed by atoms with van der Waals surface area (Å²) in [4.78, 5) is 0. The summed E-state index contributed by atoms with van der Waals surface area (Å²) in [5.74, 6) is -1.47. The van der Waals surface area contributed by atoms with Gasteiger partial charge < -0.3 is 5.73 Å². The molecule has 0 aromatic rings. The highest BCUT2D eigenvalue weighted by Gasteiger charge is 2.66. The molecule has 4 atom stereocenters. The molecule has 4 heteroatoms. The van der Waals surface area contributed by atoms with Gasteiger partial charge in [0.1, 0.15) is 0 Å². The molecule has 12 heavy (non-hydrogen) atoms. The Morgan fingerprint density at radius 1 is 1.17 bits per heavy atom. The molecule has 0 unspecified atom stereocenters. The summed E-state index contributed by atoms with van der Waals surface area (Å²) in [6, 6.07) is -0.199. The van der Waals surface area contributed by atoms with Crippen molar-refractivity contribution in [3.63, 3.8) is 0 Å². The van der Waals surface area contributed by atoms with E-state index in [-0.39, 0.29) is 17.9 Å². The molecular weight excluding hydrogens is 167 g/mol. The Bertz CT molecular complexity index is 189. The van der Waals surface area contributed by atoms with Crippen LogP contribution in [0, 0.1) is 17.8 Å². The van der Waals surface area contributed by atoms with Crippen molar-refractivity contribution in [3.05, 3.63) is 0 Å². The quantitative estimate of drug-likeness (QED) is 0.604. The predicted molar refractivity (Wildman–Crippen MR) is 38.4 cm³/mol. The molecule has 2 fully saturated rings. The van der Waals surface area contributed by atoms with E-state index in [1.807, 2.05) is 0 Å². The molecule has 0 bridgehead atoms. The molecule has 0 radical (unpaired) electrons. The minimum Gasteiger partial charge on any atom is -0.327 e. The van der Waals surface area contributed by atoms with Gasteiger partial charge in [-0.3, -0.25) is 0 Å². The van der Waals surface area contributed by atoms with Crippen molar-refractivity contribution in [2.24, 2.45) is 23.5 Å². The van der Waals surface area contributed by atoms with E-state index in [1.54, 1.807) is 0 Å². The van der Waals surface area contributed by atoms with Crippen molar-refractivity contribution in [2.75, 3.05) is 0 Å². The van der Waals surface area contributed by atoms with Crippen molar-refractivity contribution < 1.29 is 13.2 Å². The first-order valence-electron chi connectivity index (χ1n) is 4.34. The molecule has 1 nitrogen and oxygen atoms in total. The normalized spacial score (nSPS) is 47.0. The lowest BCUT2D eigenvalue weighted by atomic mass is 9.96. The number of fused-ring (bicyclic) bond motifs is 1. The largest absolute Gasteiger partial charge is 0.392 e. The third-order valence-electron chi connectivity index (χ3n) is 3.18. The Balaban J connectivity index is 2.05. The van der Waals surface area contributed by atoms with E-state index in [0.717, 1.165) is 19.3 Å². The second-order valence-electron chi connectivity index (χ2n) is 3.90. The highest BCUT2D eigenvalue weighted by molar-refractivity contribution is 5.07. The maximum Gasteiger partial charge on any atom is 0.392 e. The highest BCUT2D eigenvalue weighted by Crippen LogP contribution is 2.61. The summed E-state index contributed by atoms with van der Waals surface area (Å²) in [5.41, 5.74) is 5.61. The average molecular weight is 179 g/mol. The zero-order valence-corrected chi connectivity index (χ0v) is 6.64. The van der Waals surface area contributed by atoms with Crippen molar-refractivity contribution in [1.29, 1.82) is 0 Å². The third-order valence-corrected chi connectivity index (χ3v) is 3.18. The Morgan fingerprint density at radius 3 is 2.33 bits per heavy atom. The Morgan fingerprint density at radius 2 is 1.83 bits per heavy atom. The number of hydrogen-bond acceptors (Lipinski definition) is 1. The van der Waals surface area contributed by atoms with Crippen LogP contribution in [0.2, 0.25) is 0 Å². The molecule has 0 spiro atoms. The molecule has 2 N–H and O–H groups in total. The molecule has 0 aromatic heterocycles. The number of nitrogens with two attached hydrogens (primary N) is 1. The summed E-state index contributed by atoms with van der Waals surface area (Å²) in [6.45, 7) is 0. The molecule has 2 saturated carbocycles. The van der Waals surface area contributed by atoms with E-state index in [2.05, 4.69) is 0 Å². The fourth-order valence-corrected chi connectivity index (χ4v) is 2.60. The maximum absolute atomic E-state index is 12.3. The van der Waals surface area contributed by atoms with Crippen molar-refractivity contribution in [3.8, 4) is 0 Å². The second kappa shape index (κ2) is 2.37. The second-order valence-corrected chi connectivity index (χ2v) is 3.90. The van der Waals surface area contributed by atoms with Gasteiger partial charge in [0, 0.05) is 6.04 Å². The summed E-state index contributed by atoms with van der Waals surface area (Å²) in [5, 5.41) is 0. The molecule has 2 aliphatic carbocycles. The van der Waals surface area contributed by atoms with Gasteiger partial charge in [0.2, 0.25) is 0 Å². The molecule has 0 heterocycles. The minimum absolute atomic E-state index is 0.145. The lowest BCUT2D eigenvalue weighted by molar-refractivity contribution is -0.154. The van der Waals surface area contributed by atoms with Crippen molar-refractivity contribution in [2.45, 2.75) is 31.5 Å². The zero-order chi connectivity index (χ0) is 8.93. The zero-order valence-electron chi connectivity index (χ0n) is 6.64. The van der Waals surface area contributed by atoms with Crippen LogP contribution < -0.4 is 5.73 Å². The summed E-state index contributed by atoms with van der Waals surface area (Å²) < 4.78 is 36.8. The van der Waals surface area contributed by atoms with Gasteiger partial charge >= 0.3 is 6.18 Å². The molecule has 2 aliphatic rings. The highest BCUT2D eigenvalue weighted by atomic mass is 19.4. The predicted octanol–water partition coefficient (Wildman–Crippen LogP) is 1.92. The van der Waals surface area contributed by atoms with Crippen LogP contribution in [0.5, 0.6) is 0 Å². The Labute approximate surface area is 69.1 Å². The molecule has 70 valence electrons. The van der Waals surface area contributed by atoms with Gasteiger partial charge in [-0.1, -0.05) is 6.42 Å². The molecule has 2 rings (SSSR count). The van der Waals surface area contributed by atoms with Crippen LogP contribution in [0.1, 0.15) is 19.3 Å². The molecule has 0 aromatic carbocycles. The van der Waals surface area contributed by atoms with Gasteiger partial charge in [-0.05, 0) is 24.7 Å². The molecular formula is C8H12F3N. The first kappa shape index (κ1) is 8.35. The first-order chi connectivity index (χ1) is 5.52. The van der Waals surface area contributed by atoms with Gasteiger partial charge in [-0.2, -0.15) is 13.2 Å². The van der Waals surface area contributed by atoms with E-state index in [0.29, 0.717) is 0 Å². The fourth-order valence-electron chi connectivity index (χ4n) is 2.60. The number of alkyl halides is 3. The molecule has 0 saturated heterocycles. The van der Waals surface area contributed by atoms with Crippen LogP contribution in [0.3, 0.4) is 0 Å². The van der Waals surface area contributed by atoms with Crippen molar-refractivity contribution >= 4 is 0 Å². The van der Waals surface area contributed by atoms with E-state index < -0.39 is 12.1 Å². The van der Waals surface area contributed by atoms with Gasteiger partial charge in [0.25, 0.3) is 0 Å². The van der Waals surface area contributed by atoms with Crippen LogP contribution in [-0.4, -0.2) is 12.2 Å². The smallest absolute Gasteiger partial charge is 0.327 e. The lowest BCUT2D eigenvalue weighted by Crippen LogP contribution is -2.27. The van der Waals surface area contributed by atoms with E-state index in [9.17, 15) is 13.2 Å². The molecule has 0 aliphatic heterocycles. The van der Waals surface area contributed by atoms with E-state index in [1.165, 1.54) is 0 Å². The SMILES string of the molecule is N[C@@H]1CCC[C@@H]2[C@@H]1[C@@H]2C(F)(F)F. The van der Waals surface area contributed by atoms with Crippen LogP contribution in [0.15, 0.2) is 0 Å². The van der Waals surface area contributed by atoms with Crippen LogP contribution >= 0.6 is 0 Å². The summed E-state index contributed by atoms with van der Waals surface area (Å²) in [6.07, 6.45) is -1.64. The number of rotatable bonds is 0. The van der Waals surface area contributed by atoms with Gasteiger partial charge in [0.15, 0.2) is 0 Å². The Hall–Kier alpha value is -0.250. The summed E-state index contributed by atoms with van der Waals surface area (Å²) in [7, 11) is 0. The van der Waals surface area contributed by atoms with E-state index in [4.69, 9.17) is 5.73 Å². The Kier molecular flexibility index (Phi) is 1.65. The van der Waals surface area contributed by atoms with Crippen LogP contribution in [0.4, 0.5) is 13.2 Å². The topological polar surface area (TPSA) is 26.0 Å². The fraction of sp³-hybridized carbons (Fsp3) is 1.00. The van der Waals surface area contributed by atoms with Gasteiger partial charge in [-0.25, -0.2) is 0 Å². The van der Waals surface area contributed by atoms with Crippen molar-refractivity contribution in [1.82, 2.24) is 0 Å². The minimum atomic E-state index is -4.00. The lowest BCUT2D eigenvalue weighted by Gasteiger charge is -2.15. The number of hydrogen-bond donors (Lipinski definition) is 1. The average Bonchev–Trinajstić information content (AvgIpc) is 2.60. The van der Waals surface area contributed by atoms with E-state index >= 15 is 0 Å². The van der Waals surface area contributed by atoms with Gasteiger partial charge in [0.05, 0.1) is 5.92 Å². The monoisotopic (exact) mass is 179 g/mol. The van der Waals surface area contributed by atoms with Gasteiger partial charge in [-0.15, -0.1) is 0 Å². The third kappa shape index (κ3) is 1.13. The first-order valence-corrected chi connectivity index (χ1v) is 4.34. The standard InChI is InChI=1S/C8H12F3N/c9-8(10,11)7-4-2-1-3-5(12)6(4)7/h4-7H,1-3,12H2/t4-,5-,6+,7-/m1/s1. The molecule has 0 amide bonds. The summed E-state index contributed by atoms with van der Waals surface area (Å²) >= 11 is 0. The van der Waals surface area contributed by atoms with Crippen LogP contribution in [0.25, 0.3) is 0 Å². The number of halogens is 3. The van der Waals surface area contributed by atoms with Crippen LogP contribution in [-0.2, 0) is 0 Å².